The molecule has 3 aromatic rings. The van der Waals surface area contributed by atoms with Gasteiger partial charge in [-0.1, -0.05) is 54.6 Å². The number of carbonyl (C=O) groups excluding carboxylic acids is 3. The first-order chi connectivity index (χ1) is 18.0. The summed E-state index contributed by atoms with van der Waals surface area (Å²) in [7, 11) is 1.30. The molecule has 37 heavy (non-hydrogen) atoms. The maximum Gasteiger partial charge on any atom is 0.331 e. The molecule has 0 saturated carbocycles. The Kier molecular flexibility index (Phi) is 5.49. The summed E-state index contributed by atoms with van der Waals surface area (Å²) in [6, 6.07) is 21.1. The van der Waals surface area contributed by atoms with Crippen molar-refractivity contribution in [2.45, 2.75) is 18.5 Å². The van der Waals surface area contributed by atoms with E-state index >= 15 is 0 Å². The first kappa shape index (κ1) is 23.2. The van der Waals surface area contributed by atoms with E-state index in [2.05, 4.69) is 5.32 Å². The molecular weight excluding hydrogens is 472 g/mol. The summed E-state index contributed by atoms with van der Waals surface area (Å²) in [5.41, 5.74) is 1.19. The zero-order valence-electron chi connectivity index (χ0n) is 20.5. The number of anilines is 1. The fourth-order valence-electron chi connectivity index (χ4n) is 5.97. The van der Waals surface area contributed by atoms with E-state index in [4.69, 9.17) is 14.2 Å². The SMILES string of the molecule is COC(=O)[C@@]1(c2ccccc2)N[C@H](c2ccccc2C)[C@H]2C(=O)N(c3ccc4c(c3)OCCO4)C(=O)[C@H]21. The van der Waals surface area contributed by atoms with Crippen LogP contribution in [0.5, 0.6) is 11.5 Å². The second-order valence-electron chi connectivity index (χ2n) is 9.49. The van der Waals surface area contributed by atoms with Crippen molar-refractivity contribution in [3.8, 4) is 11.5 Å². The van der Waals surface area contributed by atoms with Gasteiger partial charge in [-0.3, -0.25) is 14.9 Å². The largest absolute Gasteiger partial charge is 0.486 e. The van der Waals surface area contributed by atoms with E-state index in [1.807, 2.05) is 37.3 Å². The van der Waals surface area contributed by atoms with Crippen molar-refractivity contribution in [1.82, 2.24) is 5.32 Å². The Morgan fingerprint density at radius 1 is 0.946 bits per heavy atom. The molecule has 0 aliphatic carbocycles. The molecule has 3 heterocycles. The highest BCUT2D eigenvalue weighted by Crippen LogP contribution is 2.54. The molecule has 3 aromatic carbocycles. The molecular formula is C29H26N2O6. The zero-order chi connectivity index (χ0) is 25.7. The summed E-state index contributed by atoms with van der Waals surface area (Å²) in [4.78, 5) is 43.2. The van der Waals surface area contributed by atoms with E-state index in [0.29, 0.717) is 36.0 Å². The molecule has 2 saturated heterocycles. The second kappa shape index (κ2) is 8.74. The Morgan fingerprint density at radius 3 is 2.38 bits per heavy atom. The fourth-order valence-corrected chi connectivity index (χ4v) is 5.97. The number of esters is 1. The Balaban J connectivity index is 1.54. The van der Waals surface area contributed by atoms with E-state index in [0.717, 1.165) is 11.1 Å². The highest BCUT2D eigenvalue weighted by atomic mass is 16.6. The molecule has 8 heteroatoms. The van der Waals surface area contributed by atoms with Crippen molar-refractivity contribution in [3.63, 3.8) is 0 Å². The number of imide groups is 1. The lowest BCUT2D eigenvalue weighted by atomic mass is 9.75. The maximum atomic E-state index is 14.2. The van der Waals surface area contributed by atoms with Crippen LogP contribution in [0, 0.1) is 18.8 Å². The number of rotatable bonds is 4. The van der Waals surface area contributed by atoms with Crippen LogP contribution in [0.2, 0.25) is 0 Å². The summed E-state index contributed by atoms with van der Waals surface area (Å²) in [5.74, 6) is -2.29. The van der Waals surface area contributed by atoms with Gasteiger partial charge < -0.3 is 14.2 Å². The third kappa shape index (κ3) is 3.36. The summed E-state index contributed by atoms with van der Waals surface area (Å²) >= 11 is 0. The van der Waals surface area contributed by atoms with Crippen LogP contribution in [0.15, 0.2) is 72.8 Å². The number of fused-ring (bicyclic) bond motifs is 2. The molecule has 4 atom stereocenters. The average molecular weight is 499 g/mol. The predicted molar refractivity (Wildman–Crippen MR) is 134 cm³/mol. The van der Waals surface area contributed by atoms with Crippen molar-refractivity contribution in [3.05, 3.63) is 89.5 Å². The molecule has 0 radical (unpaired) electrons. The van der Waals surface area contributed by atoms with Gasteiger partial charge in [-0.25, -0.2) is 9.69 Å². The molecule has 0 spiro atoms. The van der Waals surface area contributed by atoms with Crippen molar-refractivity contribution < 1.29 is 28.6 Å². The first-order valence-electron chi connectivity index (χ1n) is 12.2. The lowest BCUT2D eigenvalue weighted by Crippen LogP contribution is -2.53. The highest BCUT2D eigenvalue weighted by molar-refractivity contribution is 6.24. The van der Waals surface area contributed by atoms with Crippen LogP contribution in [0.3, 0.4) is 0 Å². The minimum Gasteiger partial charge on any atom is -0.486 e. The molecule has 1 N–H and O–H groups in total. The standard InChI is InChI=1S/C29H26N2O6/c1-17-8-6-7-11-20(17)25-23-24(29(30-25,28(34)35-2)18-9-4-3-5-10-18)27(33)31(26(23)32)19-12-13-21-22(16-19)37-15-14-36-21/h3-13,16,23-25,30H,14-15H2,1-2H3/t23-,24-,25+,29-/m0/s1. The Morgan fingerprint density at radius 2 is 1.65 bits per heavy atom. The average Bonchev–Trinajstić information content (AvgIpc) is 3.42. The number of carbonyl (C=O) groups is 3. The number of nitrogens with one attached hydrogen (secondary N) is 1. The van der Waals surface area contributed by atoms with Crippen LogP contribution in [-0.4, -0.2) is 38.1 Å². The summed E-state index contributed by atoms with van der Waals surface area (Å²) in [6.45, 7) is 2.76. The quantitative estimate of drug-likeness (QED) is 0.436. The molecule has 3 aliphatic heterocycles. The molecule has 2 fully saturated rings. The van der Waals surface area contributed by atoms with Gasteiger partial charge in [0, 0.05) is 12.1 Å². The minimum absolute atomic E-state index is 0.377. The Bertz CT molecular complexity index is 1410. The van der Waals surface area contributed by atoms with Gasteiger partial charge in [-0.2, -0.15) is 0 Å². The van der Waals surface area contributed by atoms with Crippen LogP contribution < -0.4 is 19.7 Å². The Labute approximate surface area is 214 Å². The van der Waals surface area contributed by atoms with Gasteiger partial charge in [0.1, 0.15) is 13.2 Å². The van der Waals surface area contributed by atoms with Gasteiger partial charge in [-0.05, 0) is 35.7 Å². The van der Waals surface area contributed by atoms with E-state index < -0.39 is 35.3 Å². The minimum atomic E-state index is -1.55. The number of hydrogen-bond acceptors (Lipinski definition) is 7. The van der Waals surface area contributed by atoms with Crippen molar-refractivity contribution >= 4 is 23.5 Å². The second-order valence-corrected chi connectivity index (χ2v) is 9.49. The number of amides is 2. The van der Waals surface area contributed by atoms with Crippen molar-refractivity contribution in [2.24, 2.45) is 11.8 Å². The number of aryl methyl sites for hydroxylation is 1. The van der Waals surface area contributed by atoms with Gasteiger partial charge >= 0.3 is 5.97 Å². The molecule has 2 amide bonds. The fraction of sp³-hybridized carbons (Fsp3) is 0.276. The smallest absolute Gasteiger partial charge is 0.331 e. The molecule has 0 aromatic heterocycles. The number of methoxy groups -OCH3 is 1. The zero-order valence-corrected chi connectivity index (χ0v) is 20.5. The number of hydrogen-bond donors (Lipinski definition) is 1. The highest BCUT2D eigenvalue weighted by Gasteiger charge is 2.69. The monoisotopic (exact) mass is 498 g/mol. The Hall–Kier alpha value is -4.17. The van der Waals surface area contributed by atoms with E-state index in [9.17, 15) is 14.4 Å². The van der Waals surface area contributed by atoms with Crippen LogP contribution >= 0.6 is 0 Å². The van der Waals surface area contributed by atoms with Gasteiger partial charge in [0.2, 0.25) is 11.8 Å². The predicted octanol–water partition coefficient (Wildman–Crippen LogP) is 3.28. The molecule has 3 aliphatic rings. The van der Waals surface area contributed by atoms with E-state index in [1.54, 1.807) is 42.5 Å². The molecule has 0 unspecified atom stereocenters. The molecule has 188 valence electrons. The van der Waals surface area contributed by atoms with Gasteiger partial charge in [0.25, 0.3) is 0 Å². The number of ether oxygens (including phenoxy) is 3. The van der Waals surface area contributed by atoms with Gasteiger partial charge in [-0.15, -0.1) is 0 Å². The van der Waals surface area contributed by atoms with Gasteiger partial charge in [0.05, 0.1) is 24.6 Å². The van der Waals surface area contributed by atoms with Crippen LogP contribution in [-0.2, 0) is 24.7 Å². The summed E-state index contributed by atoms with van der Waals surface area (Å²) in [6.07, 6.45) is 0. The molecule has 0 bridgehead atoms. The van der Waals surface area contributed by atoms with E-state index in [1.165, 1.54) is 12.0 Å². The molecule has 6 rings (SSSR count). The normalized spacial score (nSPS) is 26.2. The third-order valence-corrected chi connectivity index (χ3v) is 7.60. The molecule has 8 nitrogen and oxygen atoms in total. The summed E-state index contributed by atoms with van der Waals surface area (Å²) in [5, 5.41) is 3.43. The third-order valence-electron chi connectivity index (χ3n) is 7.60. The summed E-state index contributed by atoms with van der Waals surface area (Å²) < 4.78 is 16.6. The van der Waals surface area contributed by atoms with E-state index in [-0.39, 0.29) is 5.91 Å². The maximum absolute atomic E-state index is 14.2. The van der Waals surface area contributed by atoms with Gasteiger partial charge in [0.15, 0.2) is 17.0 Å². The van der Waals surface area contributed by atoms with Crippen molar-refractivity contribution in [1.29, 1.82) is 0 Å². The van der Waals surface area contributed by atoms with Crippen molar-refractivity contribution in [2.75, 3.05) is 25.2 Å². The van der Waals surface area contributed by atoms with Crippen LogP contribution in [0.25, 0.3) is 0 Å². The topological polar surface area (TPSA) is 94.2 Å². The number of nitrogens with zero attached hydrogens (tertiary/aromatic N) is 1. The first-order valence-corrected chi connectivity index (χ1v) is 12.2. The lowest BCUT2D eigenvalue weighted by molar-refractivity contribution is -0.152. The van der Waals surface area contributed by atoms with Crippen LogP contribution in [0.1, 0.15) is 22.7 Å². The number of benzene rings is 3. The van der Waals surface area contributed by atoms with Crippen LogP contribution in [0.4, 0.5) is 5.69 Å². The lowest BCUT2D eigenvalue weighted by Gasteiger charge is -2.33.